The Morgan fingerprint density at radius 3 is 1.56 bits per heavy atom. The first-order chi connectivity index (χ1) is 55.7. The van der Waals surface area contributed by atoms with Gasteiger partial charge in [0, 0.05) is 141 Å². The summed E-state index contributed by atoms with van der Waals surface area (Å²) in [5.41, 5.74) is 12.2. The number of rotatable bonds is 19. The second-order valence-electron chi connectivity index (χ2n) is 26.6. The maximum absolute atomic E-state index is 6.03. The Morgan fingerprint density at radius 2 is 0.974 bits per heavy atom. The first-order valence-corrected chi connectivity index (χ1v) is 36.9. The van der Waals surface area contributed by atoms with E-state index in [0.717, 1.165) is 98.5 Å². The van der Waals surface area contributed by atoms with Gasteiger partial charge in [0.05, 0.1) is 42.4 Å². The summed E-state index contributed by atoms with van der Waals surface area (Å²) >= 11 is 6.03. The number of ether oxygens (including phenoxy) is 2. The predicted octanol–water partition coefficient (Wildman–Crippen LogP) is 16.1. The second kappa shape index (κ2) is 39.1. The molecule has 10 N–H and O–H groups in total. The molecule has 2 aliphatic rings. The molecular weight excluding hydrogens is 1600 g/mol. The van der Waals surface area contributed by atoms with E-state index in [9.17, 15) is 0 Å². The second-order valence-corrected chi connectivity index (χ2v) is 27.1. The molecule has 0 bridgehead atoms. The van der Waals surface area contributed by atoms with Gasteiger partial charge in [-0.1, -0.05) is 109 Å². The molecule has 11 heterocycles. The van der Waals surface area contributed by atoms with Crippen molar-refractivity contribution in [2.24, 2.45) is 10.9 Å². The van der Waals surface area contributed by atoms with Gasteiger partial charge in [0.15, 0.2) is 64.0 Å². The van der Waals surface area contributed by atoms with E-state index < -0.39 is 0 Å². The summed E-state index contributed by atoms with van der Waals surface area (Å²) in [5, 5.41) is 87.5. The van der Waals surface area contributed by atoms with Crippen LogP contribution in [0.25, 0.3) is 45.4 Å². The molecule has 0 spiro atoms. The number of benzene rings is 6. The number of halogens is 1. The van der Waals surface area contributed by atoms with Crippen molar-refractivity contribution in [3.8, 4) is 68.4 Å². The fourth-order valence-corrected chi connectivity index (χ4v) is 11.4. The van der Waals surface area contributed by atoms with Crippen LogP contribution in [0.3, 0.4) is 0 Å². The van der Waals surface area contributed by atoms with Gasteiger partial charge in [-0.15, -0.1) is 25.5 Å². The average molecular weight is 1680 g/mol. The van der Waals surface area contributed by atoms with Gasteiger partial charge in [-0.3, -0.25) is 20.4 Å². The number of nitrogens with one attached hydrogen (secondary N) is 10. The Bertz CT molecular complexity index is 5660. The maximum atomic E-state index is 6.03. The molecule has 575 valence electrons. The molecule has 16 aromatic rings. The summed E-state index contributed by atoms with van der Waals surface area (Å²) in [7, 11) is 0. The third-order valence-corrected chi connectivity index (χ3v) is 17.8. The Kier molecular flexibility index (Phi) is 27.1. The van der Waals surface area contributed by atoms with Gasteiger partial charge in [0.2, 0.25) is 5.95 Å². The Morgan fingerprint density at radius 1 is 0.452 bits per heavy atom. The third-order valence-electron chi connectivity index (χ3n) is 17.4. The maximum Gasteiger partial charge on any atom is 0.248 e. The minimum Gasteiger partial charge on any atom is -0.457 e. The Balaban J connectivity index is 0.000000126. The van der Waals surface area contributed by atoms with Crippen LogP contribution in [0.1, 0.15) is 72.4 Å². The summed E-state index contributed by atoms with van der Waals surface area (Å²) in [5.74, 6) is 11.7. The van der Waals surface area contributed by atoms with Gasteiger partial charge in [-0.25, -0.2) is 19.9 Å². The number of para-hydroxylation sites is 2. The fraction of sp³-hybridized carbons (Fsp3) is 0.173. The molecule has 1 aliphatic carbocycles. The quantitative estimate of drug-likeness (QED) is 0.0336. The van der Waals surface area contributed by atoms with E-state index in [4.69, 9.17) is 21.1 Å². The Labute approximate surface area is 698 Å². The van der Waals surface area contributed by atoms with E-state index >= 15 is 0 Å². The minimum absolute atomic E-state index is 0. The van der Waals surface area contributed by atoms with E-state index in [1.165, 1.54) is 43.1 Å². The van der Waals surface area contributed by atoms with Crippen molar-refractivity contribution in [3.05, 3.63) is 270 Å². The molecule has 0 unspecified atom stereocenters. The topological polar surface area (TPSA) is 409 Å². The number of hydrogen-bond donors (Lipinski definition) is 10. The van der Waals surface area contributed by atoms with Crippen LogP contribution in [-0.4, -0.2) is 135 Å². The van der Waals surface area contributed by atoms with Gasteiger partial charge >= 0.3 is 0 Å². The monoisotopic (exact) mass is 1680 g/mol. The minimum atomic E-state index is 0. The van der Waals surface area contributed by atoms with Crippen molar-refractivity contribution >= 4 is 69.8 Å². The number of anilines is 9. The number of piperidine rings is 1. The predicted molar refractivity (Wildman–Crippen MR) is 434 cm³/mol. The first kappa shape index (κ1) is 79.6. The molecule has 1 aliphatic heterocycles. The molecule has 34 heteroatoms. The van der Waals surface area contributed by atoms with Crippen LogP contribution in [0.15, 0.2) is 224 Å². The van der Waals surface area contributed by atoms with Gasteiger partial charge in [-0.2, -0.15) is 58.2 Å². The summed E-state index contributed by atoms with van der Waals surface area (Å²) in [6.07, 6.45) is 15.9. The number of H-pyrrole nitrogens is 6. The van der Waals surface area contributed by atoms with Crippen LogP contribution in [-0.2, 0) is 0 Å². The molecule has 115 heavy (non-hydrogen) atoms. The number of aryl methyl sites for hydroxylation is 5. The molecule has 32 nitrogen and oxygen atoms in total. The van der Waals surface area contributed by atoms with Crippen molar-refractivity contribution in [1.29, 1.82) is 0 Å². The largest absolute Gasteiger partial charge is 0.457 e. The van der Waals surface area contributed by atoms with Crippen molar-refractivity contribution in [1.82, 2.24) is 122 Å². The van der Waals surface area contributed by atoms with E-state index in [1.807, 2.05) is 211 Å². The van der Waals surface area contributed by atoms with Gasteiger partial charge in [-0.05, 0) is 144 Å². The summed E-state index contributed by atoms with van der Waals surface area (Å²) in [6, 6.07) is 59.6. The number of hydrogen-bond acceptors (Lipinski definition) is 26. The molecule has 1 saturated heterocycles. The molecule has 0 amide bonds. The van der Waals surface area contributed by atoms with Gasteiger partial charge < -0.3 is 50.8 Å². The zero-order chi connectivity index (χ0) is 78.4. The standard InChI is InChI=1S/2C19H16N6O.C16H22N6.C14H13ClN6.C13H11N6.Pr/c1-13-10-18(24-23-13)22-19-21-17(12-20-25-19)14-6-5-9-16(11-14)26-15-7-3-2-4-8-15;1-13-10-17(24-23-13)21-18-12-20-25-19(22-18)14-6-5-9-16(11-14)26-15-7-3-2-4-8-15;1-11-4-6-22(7-5-11)13-8-15(20-17-10-13)18-16-9-14(19-21-16)12-2-3-12;1-8-5-10(3-4-11(8)15)14-18-13(7-16-21-14)17-12-6-9(2)19-20-12;1-9-2-4-10(5-3-9)13-17-12(8-15-19-13)16-11-6-7-14-18-11;/h2*2-12H,1H3,(H2,21,22,23,24,25);8-12H,2-7H2,1H3,(H2,18,19,20,21);3-7H,1-2H3,(H2,17,18,19,20,21);2-6,8H,1H3,(H2,14,16,17,18,19);/q;;;;-1;. The van der Waals surface area contributed by atoms with Gasteiger partial charge in [0.1, 0.15) is 23.0 Å². The number of nitrogens with zero attached hydrogens (tertiary/aromatic N) is 20. The SMILES string of the molecule is CC1CCN(c2cnnc(Nc3cc(C4CC4)[nH]n3)c2)CC1.Cc1cc(Nc2cnnc(-c3ccc(Cl)c(C)c3)n2)n[nH]1.Cc1cc(Nc2cnnc(-c3cccc(Oc4ccccc4)c3)n2)n[nH]1.Cc1cc(Nc2nncc(-c3cccc(Oc4ccccc4)c3)n2)n[nH]1.Cc1ccc(-c2nncc(N=c3c[c-][nH][nH]3)n2)cc1.[Pr]. The molecule has 0 atom stereocenters. The average Bonchev–Trinajstić information content (AvgIpc) is 1.50. The number of aromatic nitrogens is 24. The van der Waals surface area contributed by atoms with Gasteiger partial charge in [0.25, 0.3) is 0 Å². The normalized spacial score (nSPS) is 12.3. The van der Waals surface area contributed by atoms with Crippen molar-refractivity contribution in [3.63, 3.8) is 0 Å². The first-order valence-electron chi connectivity index (χ1n) is 36.5. The smallest absolute Gasteiger partial charge is 0.248 e. The van der Waals surface area contributed by atoms with E-state index in [1.54, 1.807) is 24.7 Å². The van der Waals surface area contributed by atoms with E-state index in [0.29, 0.717) is 86.2 Å². The van der Waals surface area contributed by atoms with Crippen LogP contribution >= 0.6 is 11.6 Å². The molecule has 1 radical (unpaired) electrons. The van der Waals surface area contributed by atoms with E-state index in [2.05, 4.69) is 178 Å². The Hall–Kier alpha value is -13.5. The molecule has 18 rings (SSSR count). The van der Waals surface area contributed by atoms with Crippen LogP contribution in [0.4, 0.5) is 58.2 Å². The fourth-order valence-electron chi connectivity index (χ4n) is 11.3. The molecule has 10 aromatic heterocycles. The summed E-state index contributed by atoms with van der Waals surface area (Å²) < 4.78 is 11.7. The zero-order valence-electron chi connectivity index (χ0n) is 63.4. The van der Waals surface area contributed by atoms with Crippen molar-refractivity contribution in [2.45, 2.75) is 73.1 Å². The molecule has 6 aromatic carbocycles. The van der Waals surface area contributed by atoms with Crippen LogP contribution < -0.4 is 41.1 Å². The van der Waals surface area contributed by atoms with Crippen LogP contribution in [0.5, 0.6) is 23.0 Å². The van der Waals surface area contributed by atoms with Crippen LogP contribution in [0, 0.1) is 88.0 Å². The van der Waals surface area contributed by atoms with E-state index in [-0.39, 0.29) is 41.3 Å². The van der Waals surface area contributed by atoms with Crippen molar-refractivity contribution < 1.29 is 50.8 Å². The zero-order valence-corrected chi connectivity index (χ0v) is 67.9. The molecule has 2 fully saturated rings. The third kappa shape index (κ3) is 23.6. The van der Waals surface area contributed by atoms with Crippen LogP contribution in [0.2, 0.25) is 5.02 Å². The molecular formula is C81H78ClN30O2Pr-. The molecule has 1 saturated carbocycles. The van der Waals surface area contributed by atoms with Crippen molar-refractivity contribution in [2.75, 3.05) is 39.3 Å². The number of aromatic amines is 6. The summed E-state index contributed by atoms with van der Waals surface area (Å²) in [4.78, 5) is 24.5. The summed E-state index contributed by atoms with van der Waals surface area (Å²) in [6.45, 7) is 14.3.